The van der Waals surface area contributed by atoms with Gasteiger partial charge in [-0.1, -0.05) is 0 Å². The maximum Gasteiger partial charge on any atom is 0.490 e. The van der Waals surface area contributed by atoms with Crippen LogP contribution >= 0.6 is 46.1 Å². The first-order valence-electron chi connectivity index (χ1n) is 7.07. The Kier molecular flexibility index (Phi) is 9.57. The van der Waals surface area contributed by atoms with Crippen molar-refractivity contribution in [2.75, 3.05) is 6.61 Å². The van der Waals surface area contributed by atoms with Crippen LogP contribution in [0.5, 0.6) is 0 Å². The largest absolute Gasteiger partial charge is 0.490 e. The second-order valence-corrected chi connectivity index (χ2v) is 10.8. The molecule has 1 saturated heterocycles. The summed E-state index contributed by atoms with van der Waals surface area (Å²) >= 11 is 1.55. The number of hydrogen-bond acceptors (Lipinski definition) is 10. The maximum absolute atomic E-state index is 11.7. The van der Waals surface area contributed by atoms with Crippen LogP contribution < -0.4 is 5.73 Å². The van der Waals surface area contributed by atoms with Gasteiger partial charge in [0.2, 0.25) is 6.41 Å². The number of aliphatic hydroxyl groups is 1. The number of nitrogens with zero attached hydrogens (tertiary/aromatic N) is 1. The second kappa shape index (κ2) is 10.4. The highest BCUT2D eigenvalue weighted by Crippen LogP contribution is 2.66. The van der Waals surface area contributed by atoms with E-state index in [0.717, 1.165) is 11.1 Å². The van der Waals surface area contributed by atoms with E-state index < -0.39 is 54.4 Å². The smallest absolute Gasteiger partial charge is 0.390 e. The number of aliphatic hydroxyl groups excluding tert-OH is 1. The van der Waals surface area contributed by atoms with E-state index in [1.807, 2.05) is 0 Å². The number of hydrogen-bond donors (Lipinski definition) is 6. The van der Waals surface area contributed by atoms with Crippen molar-refractivity contribution in [3.05, 3.63) is 9.78 Å². The molecule has 2 amide bonds. The molecule has 5 atom stereocenters. The van der Waals surface area contributed by atoms with Gasteiger partial charge >= 0.3 is 23.5 Å². The molecule has 0 radical (unpaired) electrons. The zero-order chi connectivity index (χ0) is 22.6. The molecule has 7 N–H and O–H groups in total. The van der Waals surface area contributed by atoms with Crippen molar-refractivity contribution in [3.8, 4) is 0 Å². The first kappa shape index (κ1) is 26.8. The monoisotopic (exact) mass is 596 g/mol. The number of rotatable bonds is 11. The van der Waals surface area contributed by atoms with Gasteiger partial charge < -0.3 is 35.2 Å². The van der Waals surface area contributed by atoms with Gasteiger partial charge in [-0.05, 0) is 22.6 Å². The third-order valence-corrected chi connectivity index (χ3v) is 7.59. The molecule has 0 aromatic carbocycles. The normalized spacial score (nSPS) is 27.1. The van der Waals surface area contributed by atoms with Crippen LogP contribution in [0, 0.1) is 0 Å². The minimum Gasteiger partial charge on any atom is -0.390 e. The van der Waals surface area contributed by atoms with E-state index in [0.29, 0.717) is 0 Å². The molecule has 16 nitrogen and oxygen atoms in total. The third-order valence-electron chi connectivity index (χ3n) is 2.97. The van der Waals surface area contributed by atoms with Gasteiger partial charge in [-0.15, -0.1) is 0 Å². The van der Waals surface area contributed by atoms with Gasteiger partial charge in [0, 0.05) is 12.6 Å². The molecular formula is C9H16IN2O14P3. The fraction of sp³-hybridized carbons (Fsp3) is 0.556. The number of carbonyl (C=O) groups excluding carboxylic acids is 2. The molecule has 0 bridgehead atoms. The number of primary amides is 1. The lowest BCUT2D eigenvalue weighted by Gasteiger charge is -2.22. The van der Waals surface area contributed by atoms with E-state index >= 15 is 0 Å². The fourth-order valence-electron chi connectivity index (χ4n) is 1.90. The number of phosphoric acid groups is 3. The summed E-state index contributed by atoms with van der Waals surface area (Å²) in [6.07, 6.45) is -2.67. The summed E-state index contributed by atoms with van der Waals surface area (Å²) in [5.41, 5.74) is 5.03. The summed E-state index contributed by atoms with van der Waals surface area (Å²) in [7, 11) is -16.6. The second-order valence-electron chi connectivity index (χ2n) is 5.21. The summed E-state index contributed by atoms with van der Waals surface area (Å²) in [4.78, 5) is 58.3. The quantitative estimate of drug-likeness (QED) is 0.0727. The average Bonchev–Trinajstić information content (AvgIpc) is 2.87. The number of carbonyl (C=O) groups is 2. The van der Waals surface area contributed by atoms with E-state index in [-0.39, 0.29) is 16.4 Å². The summed E-state index contributed by atoms with van der Waals surface area (Å²) in [5, 5.41) is 9.92. The zero-order valence-corrected chi connectivity index (χ0v) is 18.8. The molecule has 168 valence electrons. The van der Waals surface area contributed by atoms with Gasteiger partial charge in [0.05, 0.1) is 16.3 Å². The summed E-state index contributed by atoms with van der Waals surface area (Å²) in [6.45, 7) is -0.898. The van der Waals surface area contributed by atoms with Gasteiger partial charge in [0.15, 0.2) is 0 Å². The number of halogens is 1. The van der Waals surface area contributed by atoms with Gasteiger partial charge in [0.25, 0.3) is 5.91 Å². The molecule has 0 spiro atoms. The summed E-state index contributed by atoms with van der Waals surface area (Å²) in [6, 6.07) is 0. The molecule has 1 heterocycles. The Balaban J connectivity index is 2.73. The fourth-order valence-corrected chi connectivity index (χ4v) is 5.25. The Bertz CT molecular complexity index is 799. The molecule has 29 heavy (non-hydrogen) atoms. The Hall–Kier alpha value is -0.260. The number of phosphoric ester groups is 1. The van der Waals surface area contributed by atoms with Crippen molar-refractivity contribution in [2.24, 2.45) is 5.73 Å². The molecule has 1 aliphatic heterocycles. The molecule has 0 aromatic rings. The molecule has 0 aromatic heterocycles. The van der Waals surface area contributed by atoms with E-state index in [4.69, 9.17) is 25.2 Å². The van der Waals surface area contributed by atoms with E-state index in [1.165, 1.54) is 0 Å². The van der Waals surface area contributed by atoms with Gasteiger partial charge in [0.1, 0.15) is 12.3 Å². The molecule has 0 aliphatic carbocycles. The van der Waals surface area contributed by atoms with Crippen LogP contribution in [0.3, 0.4) is 0 Å². The summed E-state index contributed by atoms with van der Waals surface area (Å²) < 4.78 is 50.1. The number of ether oxygens (including phenoxy) is 1. The molecule has 1 rings (SSSR count). The standard InChI is InChI=1S/C9H16IN2O14P3/c10-5(9(11)15)2-12(4-13)8-1-6(14)7(24-8)3-23-28(19,20)26-29(21,22)25-27(16,17)18/h2,4,6-8,14H,1,3H2,(H2,11,15)(H,19,20)(H,21,22)(H2,16,17,18)/b5-2+/t6-,7-,8?/m1/s1. The highest BCUT2D eigenvalue weighted by Gasteiger charge is 2.43. The van der Waals surface area contributed by atoms with Crippen molar-refractivity contribution in [1.29, 1.82) is 0 Å². The highest BCUT2D eigenvalue weighted by molar-refractivity contribution is 14.1. The van der Waals surface area contributed by atoms with Crippen LogP contribution in [0.25, 0.3) is 0 Å². The van der Waals surface area contributed by atoms with Crippen molar-refractivity contribution in [2.45, 2.75) is 24.9 Å². The number of amides is 2. The molecule has 0 saturated carbocycles. The predicted molar refractivity (Wildman–Crippen MR) is 98.3 cm³/mol. The van der Waals surface area contributed by atoms with Gasteiger partial charge in [-0.2, -0.15) is 8.62 Å². The molecular weight excluding hydrogens is 580 g/mol. The average molecular weight is 596 g/mol. The first-order chi connectivity index (χ1) is 13.1. The SMILES string of the molecule is NC(=O)/C(I)=C\N(C=O)C1C[C@@H](O)[C@@H](COP(=O)(O)OP(=O)(O)OP(=O)(O)O)O1. The van der Waals surface area contributed by atoms with E-state index in [9.17, 15) is 33.3 Å². The minimum atomic E-state index is -5.68. The topological polar surface area (TPSA) is 253 Å². The van der Waals surface area contributed by atoms with Crippen LogP contribution in [-0.4, -0.2) is 66.9 Å². The first-order valence-corrected chi connectivity index (χ1v) is 12.7. The Morgan fingerprint density at radius 1 is 1.21 bits per heavy atom. The van der Waals surface area contributed by atoms with Crippen molar-refractivity contribution >= 4 is 58.4 Å². The van der Waals surface area contributed by atoms with Crippen molar-refractivity contribution in [1.82, 2.24) is 4.90 Å². The van der Waals surface area contributed by atoms with Gasteiger partial charge in [-0.25, -0.2) is 13.7 Å². The van der Waals surface area contributed by atoms with Gasteiger partial charge in [-0.3, -0.25) is 19.0 Å². The number of nitrogens with two attached hydrogens (primary N) is 1. The lowest BCUT2D eigenvalue weighted by Crippen LogP contribution is -2.31. The van der Waals surface area contributed by atoms with Crippen molar-refractivity contribution < 1.29 is 65.8 Å². The highest BCUT2D eigenvalue weighted by atomic mass is 127. The van der Waals surface area contributed by atoms with Crippen LogP contribution in [0.4, 0.5) is 0 Å². The lowest BCUT2D eigenvalue weighted by molar-refractivity contribution is -0.127. The Morgan fingerprint density at radius 3 is 2.28 bits per heavy atom. The Labute approximate surface area is 176 Å². The zero-order valence-electron chi connectivity index (χ0n) is 14.0. The summed E-state index contributed by atoms with van der Waals surface area (Å²) in [5.74, 6) is -0.833. The maximum atomic E-state index is 11.7. The third kappa shape index (κ3) is 9.61. The van der Waals surface area contributed by atoms with Crippen LogP contribution in [0.2, 0.25) is 0 Å². The van der Waals surface area contributed by atoms with Crippen LogP contribution in [-0.2, 0) is 41.2 Å². The van der Waals surface area contributed by atoms with Crippen LogP contribution in [0.1, 0.15) is 6.42 Å². The van der Waals surface area contributed by atoms with Crippen molar-refractivity contribution in [3.63, 3.8) is 0 Å². The minimum absolute atomic E-state index is 0.0375. The van der Waals surface area contributed by atoms with E-state index in [1.54, 1.807) is 22.6 Å². The lowest BCUT2D eigenvalue weighted by atomic mass is 10.2. The molecule has 1 fully saturated rings. The molecule has 3 unspecified atom stereocenters. The molecule has 20 heteroatoms. The molecule has 1 aliphatic rings. The van der Waals surface area contributed by atoms with Crippen LogP contribution in [0.15, 0.2) is 9.78 Å². The van der Waals surface area contributed by atoms with E-state index in [2.05, 4.69) is 13.1 Å². The Morgan fingerprint density at radius 2 is 1.79 bits per heavy atom. The predicted octanol–water partition coefficient (Wildman–Crippen LogP) is -0.974.